The lowest BCUT2D eigenvalue weighted by Crippen LogP contribution is -2.39. The Morgan fingerprint density at radius 1 is 1.24 bits per heavy atom. The molecule has 2 aromatic heterocycles. The highest BCUT2D eigenvalue weighted by Gasteiger charge is 2.26. The maximum Gasteiger partial charge on any atom is 0.326 e. The third kappa shape index (κ3) is 5.61. The quantitative estimate of drug-likeness (QED) is 0.281. The average molecular weight is 527 g/mol. The Kier molecular flexibility index (Phi) is 7.40. The summed E-state index contributed by atoms with van der Waals surface area (Å²) < 4.78 is 16.6. The molecule has 3 heterocycles. The first-order chi connectivity index (χ1) is 17.9. The monoisotopic (exact) mass is 526 g/mol. The largest absolute Gasteiger partial charge is 0.387 e. The van der Waals surface area contributed by atoms with Crippen molar-refractivity contribution in [2.45, 2.75) is 31.4 Å². The van der Waals surface area contributed by atoms with Crippen molar-refractivity contribution >= 4 is 28.5 Å². The Hall–Kier alpha value is -3.47. The minimum absolute atomic E-state index is 0.113. The summed E-state index contributed by atoms with van der Waals surface area (Å²) in [4.78, 5) is 37.2. The molecule has 194 valence electrons. The van der Waals surface area contributed by atoms with Crippen LogP contribution in [-0.2, 0) is 6.42 Å². The average Bonchev–Trinajstić information content (AvgIpc) is 3.51. The zero-order valence-electron chi connectivity index (χ0n) is 20.1. The van der Waals surface area contributed by atoms with Crippen molar-refractivity contribution < 1.29 is 14.3 Å². The normalized spacial score (nSPS) is 15.8. The van der Waals surface area contributed by atoms with Crippen LogP contribution >= 0.6 is 11.6 Å². The van der Waals surface area contributed by atoms with E-state index < -0.39 is 17.8 Å². The molecule has 1 fully saturated rings. The molecule has 5 rings (SSSR count). The van der Waals surface area contributed by atoms with Crippen LogP contribution in [0.4, 0.5) is 4.39 Å². The highest BCUT2D eigenvalue weighted by Crippen LogP contribution is 2.27. The summed E-state index contributed by atoms with van der Waals surface area (Å²) in [6.45, 7) is 2.16. The van der Waals surface area contributed by atoms with Crippen LogP contribution < -0.4 is 11.0 Å². The van der Waals surface area contributed by atoms with Crippen molar-refractivity contribution in [1.29, 1.82) is 0 Å². The summed E-state index contributed by atoms with van der Waals surface area (Å²) in [6.07, 6.45) is 4.53. The van der Waals surface area contributed by atoms with Crippen LogP contribution in [0.15, 0.2) is 53.7 Å². The van der Waals surface area contributed by atoms with Gasteiger partial charge in [0.15, 0.2) is 0 Å². The lowest BCUT2D eigenvalue weighted by molar-refractivity contribution is 0.0906. The summed E-state index contributed by atoms with van der Waals surface area (Å²) in [6, 6.07) is 9.67. The molecule has 1 atom stereocenters. The van der Waals surface area contributed by atoms with Crippen LogP contribution in [0, 0.1) is 5.82 Å². The fraction of sp³-hybridized carbons (Fsp3) is 0.346. The predicted octanol–water partition coefficient (Wildman–Crippen LogP) is 3.19. The molecule has 2 aromatic carbocycles. The number of hydrogen-bond donors (Lipinski definition) is 4. The molecule has 1 unspecified atom stereocenters. The van der Waals surface area contributed by atoms with Crippen molar-refractivity contribution in [3.63, 3.8) is 0 Å². The van der Waals surface area contributed by atoms with Crippen LogP contribution in [0.25, 0.3) is 11.0 Å². The maximum absolute atomic E-state index is 15.0. The Morgan fingerprint density at radius 2 is 2.00 bits per heavy atom. The number of aromatic amines is 2. The summed E-state index contributed by atoms with van der Waals surface area (Å²) in [7, 11) is 0. The number of carbonyl (C=O) groups excluding carboxylic acids is 1. The molecule has 1 saturated heterocycles. The zero-order valence-corrected chi connectivity index (χ0v) is 20.8. The second-order valence-electron chi connectivity index (χ2n) is 9.31. The first-order valence-corrected chi connectivity index (χ1v) is 12.6. The minimum Gasteiger partial charge on any atom is -0.387 e. The van der Waals surface area contributed by atoms with Crippen LogP contribution in [0.3, 0.4) is 0 Å². The first-order valence-electron chi connectivity index (χ1n) is 12.2. The number of hydrogen-bond acceptors (Lipinski definition) is 5. The van der Waals surface area contributed by atoms with Crippen molar-refractivity contribution in [3.05, 3.63) is 87.1 Å². The number of aliphatic hydroxyl groups is 1. The number of imidazole rings is 2. The number of fused-ring (bicyclic) bond motifs is 1. The molecule has 1 aliphatic heterocycles. The van der Waals surface area contributed by atoms with Gasteiger partial charge in [-0.2, -0.15) is 0 Å². The van der Waals surface area contributed by atoms with Crippen LogP contribution in [0.1, 0.15) is 46.6 Å². The number of aliphatic hydroxyl groups excluding tert-OH is 1. The number of aromatic nitrogens is 4. The number of H-pyrrole nitrogens is 2. The van der Waals surface area contributed by atoms with Gasteiger partial charge >= 0.3 is 5.69 Å². The Balaban J connectivity index is 1.24. The van der Waals surface area contributed by atoms with Crippen molar-refractivity contribution in [2.75, 3.05) is 26.2 Å². The third-order valence-corrected chi connectivity index (χ3v) is 7.13. The molecule has 4 N–H and O–H groups in total. The standard InChI is InChI=1S/C26H28ClFN6O3/c27-17-3-1-16(2-4-17)24(35)14-33-9-6-19(7-10-33)34-23-12-21(28)20(11-22(23)32-26(34)37)25(36)30-8-5-18-13-29-15-31-18/h1-4,11-13,15,19,24,35H,5-10,14H2,(H,29,31)(H,30,36)(H,32,37). The molecule has 9 nitrogen and oxygen atoms in total. The number of likely N-dealkylation sites (tertiary alicyclic amines) is 1. The topological polar surface area (TPSA) is 119 Å². The summed E-state index contributed by atoms with van der Waals surface area (Å²) >= 11 is 5.93. The van der Waals surface area contributed by atoms with Crippen LogP contribution in [-0.4, -0.2) is 61.6 Å². The van der Waals surface area contributed by atoms with Crippen LogP contribution in [0.2, 0.25) is 5.02 Å². The van der Waals surface area contributed by atoms with E-state index in [9.17, 15) is 19.1 Å². The van der Waals surface area contributed by atoms with E-state index in [1.165, 1.54) is 12.1 Å². The molecule has 4 aromatic rings. The number of carbonyl (C=O) groups is 1. The minimum atomic E-state index is -0.680. The zero-order chi connectivity index (χ0) is 25.9. The van der Waals surface area contributed by atoms with Gasteiger partial charge in [-0.25, -0.2) is 14.2 Å². The molecular weight excluding hydrogens is 499 g/mol. The van der Waals surface area contributed by atoms with Gasteiger partial charge in [0.1, 0.15) is 5.82 Å². The number of nitrogens with zero attached hydrogens (tertiary/aromatic N) is 3. The maximum atomic E-state index is 15.0. The van der Waals surface area contributed by atoms with Gasteiger partial charge in [0.25, 0.3) is 5.91 Å². The van der Waals surface area contributed by atoms with Gasteiger partial charge in [-0.15, -0.1) is 0 Å². The smallest absolute Gasteiger partial charge is 0.326 e. The number of benzene rings is 2. The van der Waals surface area contributed by atoms with Crippen LogP contribution in [0.5, 0.6) is 0 Å². The fourth-order valence-corrected chi connectivity index (χ4v) is 5.03. The number of nitrogens with one attached hydrogen (secondary N) is 3. The Labute approximate surface area is 217 Å². The van der Waals surface area contributed by atoms with E-state index in [1.807, 2.05) is 12.1 Å². The van der Waals surface area contributed by atoms with E-state index in [0.717, 1.165) is 11.3 Å². The lowest BCUT2D eigenvalue weighted by Gasteiger charge is -2.33. The highest BCUT2D eigenvalue weighted by atomic mass is 35.5. The van der Waals surface area contributed by atoms with E-state index >= 15 is 0 Å². The summed E-state index contributed by atoms with van der Waals surface area (Å²) in [5, 5.41) is 13.9. The second kappa shape index (κ2) is 10.9. The molecule has 11 heteroatoms. The Morgan fingerprint density at radius 3 is 2.70 bits per heavy atom. The molecule has 0 bridgehead atoms. The van der Waals surface area contributed by atoms with Crippen molar-refractivity contribution in [1.82, 2.24) is 29.7 Å². The number of β-amino-alcohol motifs (C(OH)–C–C–N with tert-alkyl or cyclic N) is 1. The van der Waals surface area contributed by atoms with E-state index in [0.29, 0.717) is 61.5 Å². The van der Waals surface area contributed by atoms with Gasteiger partial charge < -0.3 is 25.3 Å². The van der Waals surface area contributed by atoms with E-state index in [4.69, 9.17) is 11.6 Å². The number of amides is 1. The molecule has 0 spiro atoms. The van der Waals surface area contributed by atoms with Gasteiger partial charge in [0, 0.05) is 55.9 Å². The van der Waals surface area contributed by atoms with Crippen molar-refractivity contribution in [2.24, 2.45) is 0 Å². The molecular formula is C26H28ClFN6O3. The van der Waals surface area contributed by atoms with Gasteiger partial charge in [0.05, 0.1) is 34.7 Å². The number of rotatable bonds is 8. The molecule has 0 radical (unpaired) electrons. The molecule has 0 aliphatic carbocycles. The first kappa shape index (κ1) is 25.2. The molecule has 1 aliphatic rings. The van der Waals surface area contributed by atoms with Gasteiger partial charge in [-0.05, 0) is 36.6 Å². The van der Waals surface area contributed by atoms with Gasteiger partial charge in [0.2, 0.25) is 0 Å². The summed E-state index contributed by atoms with van der Waals surface area (Å²) in [5.74, 6) is -1.22. The number of halogens is 2. The van der Waals surface area contributed by atoms with Crippen molar-refractivity contribution in [3.8, 4) is 0 Å². The highest BCUT2D eigenvalue weighted by molar-refractivity contribution is 6.30. The second-order valence-corrected chi connectivity index (χ2v) is 9.75. The predicted molar refractivity (Wildman–Crippen MR) is 138 cm³/mol. The Bertz CT molecular complexity index is 1430. The number of piperidine rings is 1. The summed E-state index contributed by atoms with van der Waals surface area (Å²) in [5.41, 5.74) is 2.01. The lowest BCUT2D eigenvalue weighted by atomic mass is 10.0. The molecule has 0 saturated carbocycles. The fourth-order valence-electron chi connectivity index (χ4n) is 4.91. The SMILES string of the molecule is O=C(NCCc1c[nH]cn1)c1cc2[nH]c(=O)n(C3CCN(CC(O)c4ccc(Cl)cc4)CC3)c2cc1F. The van der Waals surface area contributed by atoms with E-state index in [2.05, 4.69) is 25.2 Å². The van der Waals surface area contributed by atoms with Gasteiger partial charge in [-0.1, -0.05) is 23.7 Å². The molecule has 1 amide bonds. The third-order valence-electron chi connectivity index (χ3n) is 6.88. The van der Waals surface area contributed by atoms with E-state index in [-0.39, 0.29) is 17.3 Å². The van der Waals surface area contributed by atoms with Gasteiger partial charge in [-0.3, -0.25) is 9.36 Å². The van der Waals surface area contributed by atoms with E-state index in [1.54, 1.807) is 29.2 Å². The molecule has 37 heavy (non-hydrogen) atoms.